The van der Waals surface area contributed by atoms with E-state index in [0.717, 1.165) is 41.9 Å². The van der Waals surface area contributed by atoms with Gasteiger partial charge >= 0.3 is 0 Å². The van der Waals surface area contributed by atoms with Crippen molar-refractivity contribution in [1.29, 1.82) is 0 Å². The Morgan fingerprint density at radius 1 is 1.12 bits per heavy atom. The summed E-state index contributed by atoms with van der Waals surface area (Å²) in [6, 6.07) is 5.68. The van der Waals surface area contributed by atoms with Crippen molar-refractivity contribution in [3.05, 3.63) is 58.2 Å². The van der Waals surface area contributed by atoms with Crippen molar-refractivity contribution in [1.82, 2.24) is 9.97 Å². The van der Waals surface area contributed by atoms with Crippen LogP contribution in [0.3, 0.4) is 0 Å². The van der Waals surface area contributed by atoms with Gasteiger partial charge in [0.05, 0.1) is 29.3 Å². The fourth-order valence-electron chi connectivity index (χ4n) is 6.16. The van der Waals surface area contributed by atoms with E-state index in [1.165, 1.54) is 31.0 Å². The first-order valence-electron chi connectivity index (χ1n) is 14.2. The van der Waals surface area contributed by atoms with Crippen molar-refractivity contribution in [2.75, 3.05) is 37.0 Å². The highest BCUT2D eigenvalue weighted by molar-refractivity contribution is 5.96. The Hall–Kier alpha value is -2.91. The number of benzene rings is 2. The number of hydrogen-bond acceptors (Lipinski definition) is 6. The van der Waals surface area contributed by atoms with Crippen molar-refractivity contribution >= 4 is 22.4 Å². The van der Waals surface area contributed by atoms with Gasteiger partial charge in [0, 0.05) is 42.8 Å². The number of halogens is 3. The molecule has 0 amide bonds. The second-order valence-corrected chi connectivity index (χ2v) is 11.7. The highest BCUT2D eigenvalue weighted by Crippen LogP contribution is 2.42. The van der Waals surface area contributed by atoms with Gasteiger partial charge in [-0.25, -0.2) is 23.1 Å². The third-order valence-electron chi connectivity index (χ3n) is 8.53. The molecule has 0 unspecified atom stereocenters. The second-order valence-electron chi connectivity index (χ2n) is 11.7. The lowest BCUT2D eigenvalue weighted by atomic mass is 9.91. The van der Waals surface area contributed by atoms with Crippen molar-refractivity contribution in [3.8, 4) is 0 Å². The molecule has 0 saturated carbocycles. The number of piperidine rings is 1. The molecule has 6 nitrogen and oxygen atoms in total. The summed E-state index contributed by atoms with van der Waals surface area (Å²) < 4.78 is 50.3. The van der Waals surface area contributed by atoms with Crippen LogP contribution in [0.15, 0.2) is 24.3 Å². The van der Waals surface area contributed by atoms with Crippen LogP contribution in [-0.4, -0.2) is 47.5 Å². The molecule has 1 aromatic heterocycles. The lowest BCUT2D eigenvalue weighted by Gasteiger charge is -2.39. The van der Waals surface area contributed by atoms with Crippen LogP contribution in [0.4, 0.5) is 24.7 Å². The highest BCUT2D eigenvalue weighted by Gasteiger charge is 2.39. The summed E-state index contributed by atoms with van der Waals surface area (Å²) in [5.74, 6) is -4.06. The van der Waals surface area contributed by atoms with E-state index in [9.17, 15) is 13.9 Å². The molecule has 1 saturated heterocycles. The molecule has 0 spiro atoms. The Balaban J connectivity index is 1.53. The Bertz CT molecular complexity index is 1400. The maximum absolute atomic E-state index is 15.5. The molecule has 216 valence electrons. The summed E-state index contributed by atoms with van der Waals surface area (Å²) in [6.45, 7) is 8.08. The molecule has 5 rings (SSSR count). The maximum atomic E-state index is 15.5. The number of anilines is 2. The minimum Gasteiger partial charge on any atom is -0.387 e. The fourth-order valence-corrected chi connectivity index (χ4v) is 6.16. The molecule has 9 heteroatoms. The number of ether oxygens (including phenoxy) is 1. The lowest BCUT2D eigenvalue weighted by molar-refractivity contribution is -0.0545. The molecule has 2 N–H and O–H groups in total. The van der Waals surface area contributed by atoms with Crippen LogP contribution in [0, 0.1) is 18.7 Å². The molecule has 2 aliphatic rings. The summed E-state index contributed by atoms with van der Waals surface area (Å²) >= 11 is 0. The molecular weight excluding hydrogens is 517 g/mol. The second kappa shape index (κ2) is 10.8. The Morgan fingerprint density at radius 3 is 2.50 bits per heavy atom. The van der Waals surface area contributed by atoms with Crippen molar-refractivity contribution in [2.24, 2.45) is 5.92 Å². The zero-order valence-electron chi connectivity index (χ0n) is 24.0. The molecule has 40 heavy (non-hydrogen) atoms. The van der Waals surface area contributed by atoms with Gasteiger partial charge in [-0.2, -0.15) is 0 Å². The topological polar surface area (TPSA) is 70.5 Å². The molecule has 0 bridgehead atoms. The molecule has 1 aliphatic heterocycles. The van der Waals surface area contributed by atoms with Gasteiger partial charge in [0.25, 0.3) is 5.92 Å². The number of nitrogens with one attached hydrogen (secondary N) is 1. The zero-order valence-corrected chi connectivity index (χ0v) is 24.0. The normalized spacial score (nSPS) is 17.9. The van der Waals surface area contributed by atoms with E-state index < -0.39 is 34.9 Å². The molecule has 1 atom stereocenters. The lowest BCUT2D eigenvalue weighted by Crippen LogP contribution is -2.47. The van der Waals surface area contributed by atoms with Crippen LogP contribution < -0.4 is 10.2 Å². The molecule has 0 radical (unpaired) electrons. The van der Waals surface area contributed by atoms with Crippen molar-refractivity contribution in [2.45, 2.75) is 77.4 Å². The molecular formula is C31H39F3N4O2. The van der Waals surface area contributed by atoms with Gasteiger partial charge in [-0.3, -0.25) is 0 Å². The van der Waals surface area contributed by atoms with E-state index in [-0.39, 0.29) is 5.56 Å². The molecule has 2 heterocycles. The van der Waals surface area contributed by atoms with Gasteiger partial charge in [-0.15, -0.1) is 0 Å². The van der Waals surface area contributed by atoms with Gasteiger partial charge in [-0.1, -0.05) is 32.0 Å². The molecule has 2 aromatic carbocycles. The number of fused-ring (bicyclic) bond motifs is 3. The molecule has 3 aromatic rings. The van der Waals surface area contributed by atoms with Gasteiger partial charge in [0.1, 0.15) is 17.5 Å². The Morgan fingerprint density at radius 2 is 1.82 bits per heavy atom. The third kappa shape index (κ3) is 5.14. The number of nitrogens with zero attached hydrogens (tertiary/aromatic N) is 3. The number of aryl methyl sites for hydroxylation is 2. The van der Waals surface area contributed by atoms with Crippen molar-refractivity contribution in [3.63, 3.8) is 0 Å². The summed E-state index contributed by atoms with van der Waals surface area (Å²) in [4.78, 5) is 11.8. The number of aliphatic hydroxyl groups is 1. The quantitative estimate of drug-likeness (QED) is 0.332. The van der Waals surface area contributed by atoms with Crippen LogP contribution in [0.5, 0.6) is 0 Å². The Kier molecular flexibility index (Phi) is 7.74. The zero-order chi connectivity index (χ0) is 28.8. The number of methoxy groups -OCH3 is 1. The van der Waals surface area contributed by atoms with Gasteiger partial charge in [0.15, 0.2) is 0 Å². The van der Waals surface area contributed by atoms with E-state index in [4.69, 9.17) is 9.72 Å². The van der Waals surface area contributed by atoms with E-state index in [1.54, 1.807) is 20.1 Å². The number of alkyl halides is 2. The van der Waals surface area contributed by atoms with Gasteiger partial charge < -0.3 is 20.1 Å². The SMILES string of the molecule is COCC1(O)CCN(c2cc3c(N[C@H](C)c4cccc(C(F)(F)C(C)C)c4F)nc(C)nc3c3c2CCC3)CC1. The molecule has 1 aliphatic carbocycles. The number of rotatable bonds is 8. The third-order valence-corrected chi connectivity index (χ3v) is 8.53. The minimum absolute atomic E-state index is 0.164. The predicted molar refractivity (Wildman–Crippen MR) is 152 cm³/mol. The largest absolute Gasteiger partial charge is 0.387 e. The predicted octanol–water partition coefficient (Wildman–Crippen LogP) is 6.46. The average Bonchev–Trinajstić information content (AvgIpc) is 3.39. The van der Waals surface area contributed by atoms with Gasteiger partial charge in [0.2, 0.25) is 0 Å². The van der Waals surface area contributed by atoms with Crippen molar-refractivity contribution < 1.29 is 23.0 Å². The summed E-state index contributed by atoms with van der Waals surface area (Å²) in [6.07, 6.45) is 4.12. The summed E-state index contributed by atoms with van der Waals surface area (Å²) in [7, 11) is 1.61. The Labute approximate surface area is 234 Å². The first-order chi connectivity index (χ1) is 18.9. The smallest absolute Gasteiger partial charge is 0.278 e. The van der Waals surface area contributed by atoms with Crippen LogP contribution in [-0.2, 0) is 23.5 Å². The number of aromatic nitrogens is 2. The van der Waals surface area contributed by atoms with Gasteiger partial charge in [-0.05, 0) is 63.1 Å². The maximum Gasteiger partial charge on any atom is 0.278 e. The standard InChI is InChI=1S/C31H39F3N4O2/c1-18(2)31(33,34)25-11-7-8-21(27(25)32)19(3)35-29-24-16-26(38-14-12-30(39,13-15-38)17-40-5)22-9-6-10-23(22)28(24)36-20(4)37-29/h7-8,11,16,18-19,39H,6,9-10,12-15,17H2,1-5H3,(H,35,36,37)/t19-/m1/s1. The molecule has 1 fully saturated rings. The van der Waals surface area contributed by atoms with E-state index in [1.807, 2.05) is 6.92 Å². The average molecular weight is 557 g/mol. The first-order valence-corrected chi connectivity index (χ1v) is 14.2. The number of hydrogen-bond donors (Lipinski definition) is 2. The van der Waals surface area contributed by atoms with Crippen LogP contribution in [0.2, 0.25) is 0 Å². The van der Waals surface area contributed by atoms with E-state index >= 15 is 4.39 Å². The first kappa shape index (κ1) is 28.6. The summed E-state index contributed by atoms with van der Waals surface area (Å²) in [5.41, 5.74) is 3.25. The summed E-state index contributed by atoms with van der Waals surface area (Å²) in [5, 5.41) is 15.0. The van der Waals surface area contributed by atoms with Crippen LogP contribution >= 0.6 is 0 Å². The highest BCUT2D eigenvalue weighted by atomic mass is 19.3. The van der Waals surface area contributed by atoms with E-state index in [0.29, 0.717) is 44.2 Å². The fraction of sp³-hybridized carbons (Fsp3) is 0.548. The van der Waals surface area contributed by atoms with Crippen LogP contribution in [0.1, 0.15) is 74.2 Å². The monoisotopic (exact) mass is 556 g/mol. The van der Waals surface area contributed by atoms with Crippen LogP contribution in [0.25, 0.3) is 10.9 Å². The van der Waals surface area contributed by atoms with E-state index in [2.05, 4.69) is 21.3 Å². The minimum atomic E-state index is -3.28.